The van der Waals surface area contributed by atoms with Gasteiger partial charge in [-0.15, -0.1) is 0 Å². The number of nitrogens with zero attached hydrogens (tertiary/aromatic N) is 1. The molecular formula is C15H27N. The third-order valence-corrected chi connectivity index (χ3v) is 3.32. The lowest BCUT2D eigenvalue weighted by Crippen LogP contribution is -1.91. The van der Waals surface area contributed by atoms with Crippen LogP contribution in [0.2, 0.25) is 0 Å². The van der Waals surface area contributed by atoms with Gasteiger partial charge in [0, 0.05) is 19.2 Å². The zero-order chi connectivity index (χ0) is 11.5. The lowest BCUT2D eigenvalue weighted by atomic mass is 9.96. The Bertz CT molecular complexity index is 203. The zero-order valence-corrected chi connectivity index (χ0v) is 10.9. The van der Waals surface area contributed by atoms with E-state index in [2.05, 4.69) is 24.2 Å². The van der Waals surface area contributed by atoms with E-state index in [9.17, 15) is 0 Å². The first-order valence-corrected chi connectivity index (χ1v) is 7.09. The van der Waals surface area contributed by atoms with Crippen LogP contribution >= 0.6 is 0 Å². The molecule has 16 heavy (non-hydrogen) atoms. The SMILES string of the molecule is CC/N=C/CC=C1CCCCCCCCC1. The number of rotatable bonds is 3. The minimum absolute atomic E-state index is 0.920. The summed E-state index contributed by atoms with van der Waals surface area (Å²) in [5.41, 5.74) is 1.68. The van der Waals surface area contributed by atoms with Crippen LogP contribution in [0, 0.1) is 0 Å². The van der Waals surface area contributed by atoms with Crippen LogP contribution in [0.3, 0.4) is 0 Å². The summed E-state index contributed by atoms with van der Waals surface area (Å²) in [4.78, 5) is 4.26. The third-order valence-electron chi connectivity index (χ3n) is 3.32. The molecule has 0 spiro atoms. The van der Waals surface area contributed by atoms with E-state index < -0.39 is 0 Å². The molecule has 1 aliphatic rings. The highest BCUT2D eigenvalue weighted by Crippen LogP contribution is 2.20. The van der Waals surface area contributed by atoms with Crippen molar-refractivity contribution in [2.75, 3.05) is 6.54 Å². The van der Waals surface area contributed by atoms with E-state index in [0.717, 1.165) is 13.0 Å². The van der Waals surface area contributed by atoms with E-state index in [1.165, 1.54) is 57.8 Å². The van der Waals surface area contributed by atoms with Crippen molar-refractivity contribution in [3.05, 3.63) is 11.6 Å². The molecule has 0 aromatic heterocycles. The van der Waals surface area contributed by atoms with Crippen molar-refractivity contribution in [1.82, 2.24) is 0 Å². The van der Waals surface area contributed by atoms with Crippen molar-refractivity contribution in [2.45, 2.75) is 71.1 Å². The van der Waals surface area contributed by atoms with Gasteiger partial charge >= 0.3 is 0 Å². The van der Waals surface area contributed by atoms with Crippen LogP contribution in [0.5, 0.6) is 0 Å². The van der Waals surface area contributed by atoms with Crippen molar-refractivity contribution in [3.8, 4) is 0 Å². The van der Waals surface area contributed by atoms with Gasteiger partial charge in [-0.25, -0.2) is 0 Å². The van der Waals surface area contributed by atoms with Crippen LogP contribution < -0.4 is 0 Å². The first-order valence-electron chi connectivity index (χ1n) is 7.09. The molecule has 0 saturated heterocycles. The second-order valence-electron chi connectivity index (χ2n) is 4.75. The Labute approximate surface area is 101 Å². The Balaban J connectivity index is 2.31. The van der Waals surface area contributed by atoms with E-state index >= 15 is 0 Å². The molecule has 1 aliphatic carbocycles. The summed E-state index contributed by atoms with van der Waals surface area (Å²) >= 11 is 0. The van der Waals surface area contributed by atoms with Crippen LogP contribution in [-0.4, -0.2) is 12.8 Å². The second kappa shape index (κ2) is 9.62. The summed E-state index contributed by atoms with van der Waals surface area (Å²) < 4.78 is 0. The number of aliphatic imine (C=N–C) groups is 1. The van der Waals surface area contributed by atoms with Crippen LogP contribution in [0.4, 0.5) is 0 Å². The molecule has 0 heterocycles. The second-order valence-corrected chi connectivity index (χ2v) is 4.75. The minimum Gasteiger partial charge on any atom is -0.297 e. The lowest BCUT2D eigenvalue weighted by Gasteiger charge is -2.10. The average molecular weight is 221 g/mol. The highest BCUT2D eigenvalue weighted by atomic mass is 14.7. The molecule has 0 N–H and O–H groups in total. The van der Waals surface area contributed by atoms with Crippen molar-refractivity contribution >= 4 is 6.21 Å². The van der Waals surface area contributed by atoms with Crippen molar-refractivity contribution < 1.29 is 0 Å². The fraction of sp³-hybridized carbons (Fsp3) is 0.800. The molecule has 1 rings (SSSR count). The Morgan fingerprint density at radius 1 is 0.938 bits per heavy atom. The predicted molar refractivity (Wildman–Crippen MR) is 73.3 cm³/mol. The first kappa shape index (κ1) is 13.5. The molecule has 0 aromatic rings. The van der Waals surface area contributed by atoms with Gasteiger partial charge in [-0.3, -0.25) is 4.99 Å². The fourth-order valence-electron chi connectivity index (χ4n) is 2.34. The highest BCUT2D eigenvalue weighted by molar-refractivity contribution is 5.59. The lowest BCUT2D eigenvalue weighted by molar-refractivity contribution is 0.550. The number of allylic oxidation sites excluding steroid dienone is 2. The molecule has 1 nitrogen and oxygen atoms in total. The molecule has 1 fully saturated rings. The Kier molecular flexibility index (Phi) is 8.10. The van der Waals surface area contributed by atoms with Crippen molar-refractivity contribution in [1.29, 1.82) is 0 Å². The molecule has 1 heteroatoms. The Morgan fingerprint density at radius 2 is 1.50 bits per heavy atom. The molecule has 0 atom stereocenters. The molecule has 0 radical (unpaired) electrons. The molecular weight excluding hydrogens is 194 g/mol. The van der Waals surface area contributed by atoms with Gasteiger partial charge in [-0.2, -0.15) is 0 Å². The largest absolute Gasteiger partial charge is 0.297 e. The maximum absolute atomic E-state index is 4.26. The van der Waals surface area contributed by atoms with Gasteiger partial charge in [0.15, 0.2) is 0 Å². The normalized spacial score (nSPS) is 19.9. The Hall–Kier alpha value is -0.590. The standard InChI is InChI=1S/C15H27N/c1-2-16-14-10-13-15-11-8-6-4-3-5-7-9-12-15/h13-14H,2-12H2,1H3/b16-14+. The summed E-state index contributed by atoms with van der Waals surface area (Å²) in [6.07, 6.45) is 18.2. The van der Waals surface area contributed by atoms with Crippen LogP contribution in [0.15, 0.2) is 16.6 Å². The quantitative estimate of drug-likeness (QED) is 0.474. The summed E-state index contributed by atoms with van der Waals surface area (Å²) in [6, 6.07) is 0. The average Bonchev–Trinajstić information content (AvgIpc) is 2.32. The molecule has 0 unspecified atom stereocenters. The van der Waals surface area contributed by atoms with Crippen LogP contribution in [-0.2, 0) is 0 Å². The number of hydrogen-bond donors (Lipinski definition) is 0. The monoisotopic (exact) mass is 221 g/mol. The van der Waals surface area contributed by atoms with Crippen molar-refractivity contribution in [2.24, 2.45) is 4.99 Å². The summed E-state index contributed by atoms with van der Waals surface area (Å²) in [5.74, 6) is 0. The van der Waals surface area contributed by atoms with Gasteiger partial charge in [0.25, 0.3) is 0 Å². The van der Waals surface area contributed by atoms with Gasteiger partial charge in [0.05, 0.1) is 0 Å². The first-order chi connectivity index (χ1) is 7.93. The third kappa shape index (κ3) is 6.81. The fourth-order valence-corrected chi connectivity index (χ4v) is 2.34. The van der Waals surface area contributed by atoms with E-state index in [0.29, 0.717) is 0 Å². The van der Waals surface area contributed by atoms with Gasteiger partial charge in [-0.1, -0.05) is 43.8 Å². The van der Waals surface area contributed by atoms with E-state index in [4.69, 9.17) is 0 Å². The van der Waals surface area contributed by atoms with Gasteiger partial charge in [0.2, 0.25) is 0 Å². The summed E-state index contributed by atoms with van der Waals surface area (Å²) in [6.45, 7) is 3.01. The predicted octanol–water partition coefficient (Wildman–Crippen LogP) is 4.92. The van der Waals surface area contributed by atoms with E-state index in [-0.39, 0.29) is 0 Å². The smallest absolute Gasteiger partial charge is 0.0357 e. The van der Waals surface area contributed by atoms with Gasteiger partial charge in [0.1, 0.15) is 0 Å². The van der Waals surface area contributed by atoms with E-state index in [1.807, 2.05) is 0 Å². The molecule has 0 aliphatic heterocycles. The Morgan fingerprint density at radius 3 is 2.06 bits per heavy atom. The van der Waals surface area contributed by atoms with Gasteiger partial charge < -0.3 is 0 Å². The highest BCUT2D eigenvalue weighted by Gasteiger charge is 2.01. The van der Waals surface area contributed by atoms with E-state index in [1.54, 1.807) is 5.57 Å². The molecule has 92 valence electrons. The molecule has 1 saturated carbocycles. The van der Waals surface area contributed by atoms with Gasteiger partial charge in [-0.05, 0) is 32.6 Å². The molecule has 0 amide bonds. The maximum Gasteiger partial charge on any atom is 0.0357 e. The topological polar surface area (TPSA) is 12.4 Å². The van der Waals surface area contributed by atoms with Crippen LogP contribution in [0.25, 0.3) is 0 Å². The van der Waals surface area contributed by atoms with Crippen LogP contribution in [0.1, 0.15) is 71.1 Å². The minimum atomic E-state index is 0.920. The molecule has 0 aromatic carbocycles. The van der Waals surface area contributed by atoms with Crippen molar-refractivity contribution in [3.63, 3.8) is 0 Å². The maximum atomic E-state index is 4.26. The molecule has 0 bridgehead atoms. The zero-order valence-electron chi connectivity index (χ0n) is 10.9. The summed E-state index contributed by atoms with van der Waals surface area (Å²) in [5, 5.41) is 0. The number of hydrogen-bond acceptors (Lipinski definition) is 1. The summed E-state index contributed by atoms with van der Waals surface area (Å²) in [7, 11) is 0.